The molecule has 3 N–H and O–H groups in total. The molecule has 0 atom stereocenters. The van der Waals surface area contributed by atoms with E-state index in [4.69, 9.17) is 4.74 Å². The van der Waals surface area contributed by atoms with Gasteiger partial charge < -0.3 is 20.5 Å². The standard InChI is InChI=1S/C9H20N2O2/c1-2-13-5-3-4-10-6-9(12)7-11-8-9/h10-12H,2-8H2,1H3. The number of nitrogens with one attached hydrogen (secondary N) is 2. The van der Waals surface area contributed by atoms with Gasteiger partial charge in [-0.15, -0.1) is 0 Å². The van der Waals surface area contributed by atoms with Crippen LogP contribution in [0, 0.1) is 0 Å². The van der Waals surface area contributed by atoms with E-state index in [1.165, 1.54) is 0 Å². The second-order valence-electron chi connectivity index (χ2n) is 3.56. The summed E-state index contributed by atoms with van der Waals surface area (Å²) < 4.78 is 5.19. The average molecular weight is 188 g/mol. The molecule has 0 saturated carbocycles. The number of β-amino-alcohol motifs (C(OH)–C–C–N with tert-alkyl or cyclic N) is 1. The van der Waals surface area contributed by atoms with Gasteiger partial charge in [-0.1, -0.05) is 0 Å². The lowest BCUT2D eigenvalue weighted by atomic mass is 9.97. The van der Waals surface area contributed by atoms with Crippen LogP contribution in [-0.2, 0) is 4.74 Å². The molecule has 78 valence electrons. The predicted octanol–water partition coefficient (Wildman–Crippen LogP) is -0.663. The van der Waals surface area contributed by atoms with Crippen LogP contribution in [0.15, 0.2) is 0 Å². The molecule has 0 aromatic carbocycles. The number of aliphatic hydroxyl groups is 1. The largest absolute Gasteiger partial charge is 0.386 e. The molecule has 1 fully saturated rings. The number of ether oxygens (including phenoxy) is 1. The number of hydrogen-bond donors (Lipinski definition) is 3. The first-order valence-corrected chi connectivity index (χ1v) is 4.98. The molecule has 0 spiro atoms. The van der Waals surface area contributed by atoms with Crippen molar-refractivity contribution in [3.05, 3.63) is 0 Å². The van der Waals surface area contributed by atoms with Gasteiger partial charge in [0.2, 0.25) is 0 Å². The summed E-state index contributed by atoms with van der Waals surface area (Å²) in [7, 11) is 0. The van der Waals surface area contributed by atoms with Crippen LogP contribution in [-0.4, -0.2) is 50.1 Å². The second-order valence-corrected chi connectivity index (χ2v) is 3.56. The SMILES string of the molecule is CCOCCCNCC1(O)CNC1. The fraction of sp³-hybridized carbons (Fsp3) is 1.00. The van der Waals surface area contributed by atoms with Crippen LogP contribution in [0.1, 0.15) is 13.3 Å². The summed E-state index contributed by atoms with van der Waals surface area (Å²) in [6, 6.07) is 0. The van der Waals surface area contributed by atoms with Gasteiger partial charge in [-0.25, -0.2) is 0 Å². The van der Waals surface area contributed by atoms with Gasteiger partial charge in [0.05, 0.1) is 0 Å². The summed E-state index contributed by atoms with van der Waals surface area (Å²) in [5.41, 5.74) is -0.494. The summed E-state index contributed by atoms with van der Waals surface area (Å²) in [5, 5.41) is 15.9. The topological polar surface area (TPSA) is 53.5 Å². The van der Waals surface area contributed by atoms with Gasteiger partial charge >= 0.3 is 0 Å². The van der Waals surface area contributed by atoms with Crippen LogP contribution >= 0.6 is 0 Å². The average Bonchev–Trinajstić information content (AvgIpc) is 2.08. The first kappa shape index (κ1) is 10.9. The Hall–Kier alpha value is -0.160. The molecule has 1 saturated heterocycles. The summed E-state index contributed by atoms with van der Waals surface area (Å²) in [5.74, 6) is 0. The van der Waals surface area contributed by atoms with Gasteiger partial charge in [0.1, 0.15) is 5.60 Å². The molecular weight excluding hydrogens is 168 g/mol. The second kappa shape index (κ2) is 5.54. The summed E-state index contributed by atoms with van der Waals surface area (Å²) in [4.78, 5) is 0. The zero-order chi connectivity index (χ0) is 9.57. The Morgan fingerprint density at radius 1 is 1.54 bits per heavy atom. The lowest BCUT2D eigenvalue weighted by Crippen LogP contribution is -2.64. The molecule has 0 radical (unpaired) electrons. The fourth-order valence-corrected chi connectivity index (χ4v) is 1.30. The third-order valence-electron chi connectivity index (χ3n) is 2.21. The van der Waals surface area contributed by atoms with Crippen molar-refractivity contribution in [1.82, 2.24) is 10.6 Å². The Morgan fingerprint density at radius 3 is 2.85 bits per heavy atom. The van der Waals surface area contributed by atoms with Crippen LogP contribution in [0.25, 0.3) is 0 Å². The van der Waals surface area contributed by atoms with E-state index < -0.39 is 5.60 Å². The first-order valence-electron chi connectivity index (χ1n) is 4.98. The van der Waals surface area contributed by atoms with Crippen molar-refractivity contribution >= 4 is 0 Å². The normalized spacial score (nSPS) is 19.8. The third kappa shape index (κ3) is 4.04. The van der Waals surface area contributed by atoms with Crippen molar-refractivity contribution < 1.29 is 9.84 Å². The molecular formula is C9H20N2O2. The van der Waals surface area contributed by atoms with E-state index in [1.54, 1.807) is 0 Å². The highest BCUT2D eigenvalue weighted by atomic mass is 16.5. The van der Waals surface area contributed by atoms with Gasteiger partial charge in [0, 0.05) is 32.8 Å². The van der Waals surface area contributed by atoms with Crippen molar-refractivity contribution in [2.45, 2.75) is 18.9 Å². The maximum Gasteiger partial charge on any atom is 0.102 e. The van der Waals surface area contributed by atoms with Crippen molar-refractivity contribution in [2.75, 3.05) is 39.4 Å². The van der Waals surface area contributed by atoms with Gasteiger partial charge in [-0.05, 0) is 19.9 Å². The van der Waals surface area contributed by atoms with Gasteiger partial charge in [-0.3, -0.25) is 0 Å². The van der Waals surface area contributed by atoms with E-state index >= 15 is 0 Å². The van der Waals surface area contributed by atoms with E-state index in [-0.39, 0.29) is 0 Å². The fourth-order valence-electron chi connectivity index (χ4n) is 1.30. The Balaban J connectivity index is 1.83. The highest BCUT2D eigenvalue weighted by Crippen LogP contribution is 2.07. The molecule has 4 heteroatoms. The monoisotopic (exact) mass is 188 g/mol. The lowest BCUT2D eigenvalue weighted by molar-refractivity contribution is -0.00858. The Bertz CT molecular complexity index is 138. The van der Waals surface area contributed by atoms with E-state index in [9.17, 15) is 5.11 Å². The minimum atomic E-state index is -0.494. The van der Waals surface area contributed by atoms with Gasteiger partial charge in [0.15, 0.2) is 0 Å². The van der Waals surface area contributed by atoms with E-state index in [0.29, 0.717) is 19.6 Å². The van der Waals surface area contributed by atoms with E-state index in [2.05, 4.69) is 10.6 Å². The summed E-state index contributed by atoms with van der Waals surface area (Å²) >= 11 is 0. The zero-order valence-electron chi connectivity index (χ0n) is 8.31. The smallest absolute Gasteiger partial charge is 0.102 e. The molecule has 0 amide bonds. The molecule has 1 aliphatic rings. The van der Waals surface area contributed by atoms with Crippen LogP contribution in [0.3, 0.4) is 0 Å². The Morgan fingerprint density at radius 2 is 2.31 bits per heavy atom. The maximum absolute atomic E-state index is 9.66. The number of rotatable bonds is 7. The van der Waals surface area contributed by atoms with Crippen molar-refractivity contribution in [3.63, 3.8) is 0 Å². The van der Waals surface area contributed by atoms with Gasteiger partial charge in [0.25, 0.3) is 0 Å². The summed E-state index contributed by atoms with van der Waals surface area (Å²) in [6.45, 7) is 6.62. The van der Waals surface area contributed by atoms with Crippen LogP contribution in [0.4, 0.5) is 0 Å². The molecule has 4 nitrogen and oxygen atoms in total. The number of hydrogen-bond acceptors (Lipinski definition) is 4. The molecule has 0 bridgehead atoms. The van der Waals surface area contributed by atoms with Crippen LogP contribution < -0.4 is 10.6 Å². The maximum atomic E-state index is 9.66. The summed E-state index contributed by atoms with van der Waals surface area (Å²) in [6.07, 6.45) is 1.01. The third-order valence-corrected chi connectivity index (χ3v) is 2.21. The molecule has 0 aliphatic carbocycles. The molecule has 1 rings (SSSR count). The minimum Gasteiger partial charge on any atom is -0.386 e. The van der Waals surface area contributed by atoms with Crippen LogP contribution in [0.2, 0.25) is 0 Å². The quantitative estimate of drug-likeness (QED) is 0.464. The van der Waals surface area contributed by atoms with E-state index in [0.717, 1.165) is 26.2 Å². The Labute approximate surface area is 79.7 Å². The lowest BCUT2D eigenvalue weighted by Gasteiger charge is -2.37. The molecule has 0 aromatic rings. The first-order chi connectivity index (χ1) is 6.27. The van der Waals surface area contributed by atoms with Crippen molar-refractivity contribution in [3.8, 4) is 0 Å². The zero-order valence-corrected chi connectivity index (χ0v) is 8.31. The molecule has 13 heavy (non-hydrogen) atoms. The highest BCUT2D eigenvalue weighted by molar-refractivity contribution is 4.94. The van der Waals surface area contributed by atoms with E-state index in [1.807, 2.05) is 6.92 Å². The Kier molecular flexibility index (Phi) is 4.66. The van der Waals surface area contributed by atoms with Gasteiger partial charge in [-0.2, -0.15) is 0 Å². The predicted molar refractivity (Wildman–Crippen MR) is 51.8 cm³/mol. The molecule has 1 aliphatic heterocycles. The van der Waals surface area contributed by atoms with Crippen molar-refractivity contribution in [2.24, 2.45) is 0 Å². The van der Waals surface area contributed by atoms with Crippen LogP contribution in [0.5, 0.6) is 0 Å². The highest BCUT2D eigenvalue weighted by Gasteiger charge is 2.33. The minimum absolute atomic E-state index is 0.494. The van der Waals surface area contributed by atoms with Crippen molar-refractivity contribution in [1.29, 1.82) is 0 Å². The molecule has 0 unspecified atom stereocenters. The molecule has 0 aromatic heterocycles. The molecule has 1 heterocycles.